The highest BCUT2D eigenvalue weighted by Gasteiger charge is 2.17. The fraction of sp³-hybridized carbons (Fsp3) is 0.222. The van der Waals surface area contributed by atoms with Crippen LogP contribution >= 0.6 is 0 Å². The average molecular weight is 392 g/mol. The Bertz CT molecular complexity index is 908. The molecule has 0 aliphatic carbocycles. The fourth-order valence-electron chi connectivity index (χ4n) is 2.06. The van der Waals surface area contributed by atoms with E-state index in [9.17, 15) is 18.0 Å². The number of anilines is 1. The van der Waals surface area contributed by atoms with Crippen molar-refractivity contribution in [3.8, 4) is 5.75 Å². The summed E-state index contributed by atoms with van der Waals surface area (Å²) in [5.74, 6) is -0.921. The first-order chi connectivity index (χ1) is 12.7. The molecule has 0 fully saturated rings. The van der Waals surface area contributed by atoms with Crippen molar-refractivity contribution in [1.29, 1.82) is 0 Å². The van der Waals surface area contributed by atoms with Gasteiger partial charge in [-0.25, -0.2) is 13.2 Å². The largest absolute Gasteiger partial charge is 0.494 e. The first-order valence-electron chi connectivity index (χ1n) is 8.09. The van der Waals surface area contributed by atoms with Crippen molar-refractivity contribution in [2.24, 2.45) is 5.73 Å². The summed E-state index contributed by atoms with van der Waals surface area (Å²) in [7, 11) is -3.79. The summed E-state index contributed by atoms with van der Waals surface area (Å²) in [6.45, 7) is 3.68. The zero-order chi connectivity index (χ0) is 20.0. The van der Waals surface area contributed by atoms with Gasteiger partial charge in [0, 0.05) is 5.69 Å². The van der Waals surface area contributed by atoms with Crippen molar-refractivity contribution in [2.45, 2.75) is 24.8 Å². The molecule has 0 radical (unpaired) electrons. The molecule has 0 bridgehead atoms. The minimum absolute atomic E-state index is 0.0738. The van der Waals surface area contributed by atoms with E-state index in [1.54, 1.807) is 12.1 Å². The minimum Gasteiger partial charge on any atom is -0.494 e. The molecule has 0 aromatic heterocycles. The van der Waals surface area contributed by atoms with Gasteiger partial charge in [0.25, 0.3) is 15.9 Å². The number of rotatable bonds is 8. The Kier molecular flexibility index (Phi) is 6.40. The molecule has 3 N–H and O–H groups in total. The number of amides is 1. The molecule has 27 heavy (non-hydrogen) atoms. The number of carbonyl (C=O) groups is 2. The van der Waals surface area contributed by atoms with Crippen LogP contribution in [-0.2, 0) is 19.6 Å². The molecule has 2 rings (SSSR count). The van der Waals surface area contributed by atoms with Gasteiger partial charge in [-0.15, -0.1) is 0 Å². The molecule has 0 spiro atoms. The first-order valence-corrected chi connectivity index (χ1v) is 9.57. The molecule has 1 atom stereocenters. The van der Waals surface area contributed by atoms with Crippen LogP contribution in [0.2, 0.25) is 0 Å². The van der Waals surface area contributed by atoms with Crippen molar-refractivity contribution in [1.82, 2.24) is 0 Å². The fourth-order valence-corrected chi connectivity index (χ4v) is 3.12. The Labute approximate surface area is 157 Å². The summed E-state index contributed by atoms with van der Waals surface area (Å²) in [5.41, 5.74) is 5.46. The smallest absolute Gasteiger partial charge is 0.338 e. The van der Waals surface area contributed by atoms with Gasteiger partial charge in [0.1, 0.15) is 5.75 Å². The molecule has 0 aliphatic rings. The molecule has 9 heteroatoms. The van der Waals surface area contributed by atoms with Crippen LogP contribution in [0.4, 0.5) is 5.69 Å². The van der Waals surface area contributed by atoms with Crippen LogP contribution in [0, 0.1) is 0 Å². The summed E-state index contributed by atoms with van der Waals surface area (Å²) in [6, 6.07) is 11.6. The number of nitrogens with two attached hydrogens (primary N) is 1. The lowest BCUT2D eigenvalue weighted by molar-refractivity contribution is -0.125. The monoisotopic (exact) mass is 392 g/mol. The van der Waals surface area contributed by atoms with E-state index < -0.39 is 28.0 Å². The Morgan fingerprint density at radius 2 is 1.67 bits per heavy atom. The maximum atomic E-state index is 12.4. The zero-order valence-corrected chi connectivity index (χ0v) is 15.7. The molecule has 0 saturated carbocycles. The molecule has 0 heterocycles. The van der Waals surface area contributed by atoms with Crippen molar-refractivity contribution in [3.63, 3.8) is 0 Å². The predicted molar refractivity (Wildman–Crippen MR) is 98.9 cm³/mol. The topological polar surface area (TPSA) is 125 Å². The van der Waals surface area contributed by atoms with Crippen LogP contribution in [-0.4, -0.2) is 33.0 Å². The van der Waals surface area contributed by atoms with Gasteiger partial charge in [-0.2, -0.15) is 0 Å². The van der Waals surface area contributed by atoms with Crippen LogP contribution in [0.25, 0.3) is 0 Å². The Morgan fingerprint density at radius 3 is 2.19 bits per heavy atom. The quantitative estimate of drug-likeness (QED) is 0.661. The molecule has 0 unspecified atom stereocenters. The Balaban J connectivity index is 2.08. The highest BCUT2D eigenvalue weighted by molar-refractivity contribution is 7.92. The van der Waals surface area contributed by atoms with E-state index in [0.29, 0.717) is 12.4 Å². The van der Waals surface area contributed by atoms with E-state index in [-0.39, 0.29) is 16.1 Å². The second kappa shape index (κ2) is 8.54. The van der Waals surface area contributed by atoms with E-state index >= 15 is 0 Å². The van der Waals surface area contributed by atoms with Crippen LogP contribution in [0.1, 0.15) is 24.2 Å². The first kappa shape index (κ1) is 20.2. The van der Waals surface area contributed by atoms with E-state index in [1.807, 2.05) is 6.92 Å². The molecule has 0 saturated heterocycles. The number of esters is 1. The van der Waals surface area contributed by atoms with Crippen molar-refractivity contribution < 1.29 is 27.5 Å². The predicted octanol–water partition coefficient (Wildman–Crippen LogP) is 1.92. The van der Waals surface area contributed by atoms with Gasteiger partial charge < -0.3 is 15.2 Å². The molecule has 0 aliphatic heterocycles. The summed E-state index contributed by atoms with van der Waals surface area (Å²) in [6.07, 6.45) is -1.06. The Hall–Kier alpha value is -3.07. The molecule has 1 amide bonds. The Morgan fingerprint density at radius 1 is 1.07 bits per heavy atom. The summed E-state index contributed by atoms with van der Waals surface area (Å²) in [4.78, 5) is 22.9. The second-order valence-electron chi connectivity index (χ2n) is 5.54. The third kappa shape index (κ3) is 5.45. The highest BCUT2D eigenvalue weighted by Crippen LogP contribution is 2.20. The van der Waals surface area contributed by atoms with E-state index in [1.165, 1.54) is 43.3 Å². The van der Waals surface area contributed by atoms with Gasteiger partial charge >= 0.3 is 5.97 Å². The maximum absolute atomic E-state index is 12.4. The molecule has 2 aromatic rings. The molecule has 8 nitrogen and oxygen atoms in total. The van der Waals surface area contributed by atoms with Crippen molar-refractivity contribution >= 4 is 27.6 Å². The summed E-state index contributed by atoms with van der Waals surface area (Å²) >= 11 is 0. The standard InChI is InChI=1S/C18H20N2O6S/c1-3-25-15-8-10-16(11-9-15)27(23,24)20-14-6-4-13(5-7-14)18(22)26-12(2)17(19)21/h4-12,20H,3H2,1-2H3,(H2,19,21)/t12-/m0/s1. The lowest BCUT2D eigenvalue weighted by Gasteiger charge is -2.11. The van der Waals surface area contributed by atoms with Crippen LogP contribution in [0.5, 0.6) is 5.75 Å². The van der Waals surface area contributed by atoms with E-state index in [0.717, 1.165) is 0 Å². The number of primary amides is 1. The lowest BCUT2D eigenvalue weighted by atomic mass is 10.2. The SMILES string of the molecule is CCOc1ccc(S(=O)(=O)Nc2ccc(C(=O)O[C@@H](C)C(N)=O)cc2)cc1. The van der Waals surface area contributed by atoms with Gasteiger partial charge in [0.05, 0.1) is 17.1 Å². The zero-order valence-electron chi connectivity index (χ0n) is 14.8. The number of sulfonamides is 1. The van der Waals surface area contributed by atoms with Crippen LogP contribution < -0.4 is 15.2 Å². The average Bonchev–Trinajstić information content (AvgIpc) is 2.62. The van der Waals surface area contributed by atoms with Gasteiger partial charge in [-0.1, -0.05) is 0 Å². The number of ether oxygens (including phenoxy) is 2. The third-order valence-electron chi connectivity index (χ3n) is 3.50. The minimum atomic E-state index is -3.79. The summed E-state index contributed by atoms with van der Waals surface area (Å²) in [5, 5.41) is 0. The molecular formula is C18H20N2O6S. The molecule has 2 aromatic carbocycles. The summed E-state index contributed by atoms with van der Waals surface area (Å²) < 4.78 is 37.4. The normalized spacial score (nSPS) is 12.1. The van der Waals surface area contributed by atoms with Crippen LogP contribution in [0.15, 0.2) is 53.4 Å². The number of hydrogen-bond donors (Lipinski definition) is 2. The van der Waals surface area contributed by atoms with Crippen molar-refractivity contribution in [3.05, 3.63) is 54.1 Å². The van der Waals surface area contributed by atoms with Gasteiger partial charge in [0.15, 0.2) is 6.10 Å². The third-order valence-corrected chi connectivity index (χ3v) is 4.90. The lowest BCUT2D eigenvalue weighted by Crippen LogP contribution is -2.30. The maximum Gasteiger partial charge on any atom is 0.338 e. The number of nitrogens with one attached hydrogen (secondary N) is 1. The molecule has 144 valence electrons. The van der Waals surface area contributed by atoms with E-state index in [4.69, 9.17) is 15.2 Å². The highest BCUT2D eigenvalue weighted by atomic mass is 32.2. The van der Waals surface area contributed by atoms with Gasteiger partial charge in [0.2, 0.25) is 0 Å². The van der Waals surface area contributed by atoms with Crippen LogP contribution in [0.3, 0.4) is 0 Å². The number of carbonyl (C=O) groups excluding carboxylic acids is 2. The van der Waals surface area contributed by atoms with Gasteiger partial charge in [-0.05, 0) is 62.4 Å². The van der Waals surface area contributed by atoms with Gasteiger partial charge in [-0.3, -0.25) is 9.52 Å². The number of hydrogen-bond acceptors (Lipinski definition) is 6. The second-order valence-corrected chi connectivity index (χ2v) is 7.22. The van der Waals surface area contributed by atoms with E-state index in [2.05, 4.69) is 4.72 Å². The number of benzene rings is 2. The molecular weight excluding hydrogens is 372 g/mol. The van der Waals surface area contributed by atoms with Crippen molar-refractivity contribution in [2.75, 3.05) is 11.3 Å².